The Labute approximate surface area is 705 Å². The van der Waals surface area contributed by atoms with Crippen LogP contribution in [-0.4, -0.2) is 24.1 Å². The van der Waals surface area contributed by atoms with Crippen molar-refractivity contribution in [3.05, 3.63) is 409 Å². The number of halogens is 6. The molecular weight excluding hydrogens is 1750 g/mol. The first-order chi connectivity index (χ1) is 55.3. The number of fused-ring (bicyclic) bond motifs is 16. The molecule has 7 aromatic heterocycles. The minimum atomic E-state index is 0.121. The third-order valence-corrected chi connectivity index (χ3v) is 24.7. The molecule has 0 bridgehead atoms. The van der Waals surface area contributed by atoms with Crippen molar-refractivity contribution in [2.45, 2.75) is 19.3 Å². The molecule has 0 fully saturated rings. The van der Waals surface area contributed by atoms with Gasteiger partial charge in [0, 0.05) is 109 Å². The Morgan fingerprint density at radius 3 is 1.47 bits per heavy atom. The summed E-state index contributed by atoms with van der Waals surface area (Å²) in [6, 6.07) is 124. The number of furan rings is 1. The molecule has 113 heavy (non-hydrogen) atoms. The molecule has 1 aliphatic rings. The van der Waals surface area contributed by atoms with Gasteiger partial charge in [-0.1, -0.05) is 301 Å². The smallest absolute Gasteiger partial charge is 0.135 e. The van der Waals surface area contributed by atoms with Crippen molar-refractivity contribution in [3.8, 4) is 56.4 Å². The molecule has 7 heterocycles. The molecule has 6 nitrogen and oxygen atoms in total. The van der Waals surface area contributed by atoms with E-state index in [2.05, 4.69) is 397 Å². The molecular formula is C100H67Br5ClN5OS. The van der Waals surface area contributed by atoms with Gasteiger partial charge in [-0.2, -0.15) is 0 Å². The Morgan fingerprint density at radius 2 is 0.796 bits per heavy atom. The van der Waals surface area contributed by atoms with Crippen LogP contribution >= 0.6 is 103 Å². The average Bonchev–Trinajstić information content (AvgIpc) is 1.55. The molecule has 0 N–H and O–H groups in total. The van der Waals surface area contributed by atoms with Gasteiger partial charge in [-0.25, -0.2) is 4.98 Å². The Balaban J connectivity index is 0.0000000997. The molecule has 546 valence electrons. The maximum absolute atomic E-state index is 6.15. The zero-order valence-electron chi connectivity index (χ0n) is 61.0. The topological polar surface area (TPSA) is 61.7 Å². The second kappa shape index (κ2) is 33.0. The van der Waals surface area contributed by atoms with Gasteiger partial charge in [-0.15, -0.1) is 11.3 Å². The number of rotatable bonds is 5. The van der Waals surface area contributed by atoms with Crippen LogP contribution in [0.5, 0.6) is 0 Å². The lowest BCUT2D eigenvalue weighted by molar-refractivity contribution is 0.660. The fourth-order valence-corrected chi connectivity index (χ4v) is 18.6. The Kier molecular flexibility index (Phi) is 21.9. The summed E-state index contributed by atoms with van der Waals surface area (Å²) in [5.74, 6) is 0. The first-order valence-corrected chi connectivity index (χ1v) is 42.0. The normalized spacial score (nSPS) is 11.8. The predicted molar refractivity (Wildman–Crippen MR) is 496 cm³/mol. The van der Waals surface area contributed by atoms with E-state index >= 15 is 0 Å². The fourth-order valence-electron chi connectivity index (χ4n) is 15.2. The molecule has 1 aliphatic carbocycles. The number of pyridine rings is 3. The van der Waals surface area contributed by atoms with Crippen LogP contribution < -0.4 is 0 Å². The minimum absolute atomic E-state index is 0.121. The molecule has 22 rings (SSSR count). The van der Waals surface area contributed by atoms with E-state index in [4.69, 9.17) is 16.0 Å². The van der Waals surface area contributed by atoms with Crippen LogP contribution in [0.1, 0.15) is 25.0 Å². The summed E-state index contributed by atoms with van der Waals surface area (Å²) >= 11 is 25.8. The molecule has 13 heteroatoms. The molecule has 0 aliphatic heterocycles. The van der Waals surface area contributed by atoms with Crippen molar-refractivity contribution in [3.63, 3.8) is 0 Å². The largest absolute Gasteiger partial charge is 0.456 e. The van der Waals surface area contributed by atoms with Crippen LogP contribution in [0, 0.1) is 0 Å². The van der Waals surface area contributed by atoms with E-state index in [1.165, 1.54) is 129 Å². The Hall–Kier alpha value is -10.9. The standard InChI is InChI=1S/C24H16BrN.C22H14BrN.C15H13Br.C15H10ClN3.C12H7BrO.C12H7BrS/c25-18-14-15-24-21(16-18)20-11-5-7-13-23(20)26(24)22-12-6-4-10-19(22)17-8-2-1-3-9-17;23-16-12-13-22-19(14-16)18-9-3-4-10-21(18)24(22)20-11-5-7-15-6-1-2-8-17(15)20;1-15(2)13-6-4-3-5-11(13)12-8-7-10(16)9-14(12)15;16-11-9-14(12-5-1-3-7-17-12)19-15(10-11)13-6-2-4-8-18-13;13-8-5-6-12-10(7-8)9-3-1-2-4-11(9)14-12;13-10-6-3-5-9-8-4-1-2-7-11(8)14-12(9)10/h1-16H;1-14H;3-9H,1-2H3;1-10H;2*1-7H. The van der Waals surface area contributed by atoms with Gasteiger partial charge in [0.1, 0.15) is 11.2 Å². The lowest BCUT2D eigenvalue weighted by atomic mass is 9.82. The van der Waals surface area contributed by atoms with Gasteiger partial charge in [0.05, 0.1) is 56.2 Å². The first-order valence-electron chi connectivity index (χ1n) is 36.8. The average molecular weight is 1820 g/mol. The van der Waals surface area contributed by atoms with Gasteiger partial charge < -0.3 is 13.6 Å². The maximum Gasteiger partial charge on any atom is 0.135 e. The Morgan fingerprint density at radius 1 is 0.327 bits per heavy atom. The molecule has 0 saturated carbocycles. The SMILES string of the molecule is Brc1ccc2c(c1)c1ccccc1n2-c1cccc2ccccc12.Brc1ccc2c(c1)c1ccccc1n2-c1ccccc1-c1ccccc1.Brc1ccc2oc3ccccc3c2c1.Brc1cccc2c1sc1ccccc12.CC1(C)c2ccccc2-c2ccc(Br)cc21.Clc1cc(-c2ccccn2)nc(-c2ccccn2)c1. The maximum atomic E-state index is 6.15. The summed E-state index contributed by atoms with van der Waals surface area (Å²) in [6.45, 7) is 4.59. The van der Waals surface area contributed by atoms with Crippen molar-refractivity contribution in [1.82, 2.24) is 24.1 Å². The summed E-state index contributed by atoms with van der Waals surface area (Å²) in [6.07, 6.45) is 3.47. The highest BCUT2D eigenvalue weighted by atomic mass is 79.9. The fraction of sp³-hybridized carbons (Fsp3) is 0.0300. The number of nitrogens with zero attached hydrogens (tertiary/aromatic N) is 5. The summed E-state index contributed by atoms with van der Waals surface area (Å²) in [5, 5.41) is 13.3. The highest BCUT2D eigenvalue weighted by Gasteiger charge is 2.35. The van der Waals surface area contributed by atoms with Gasteiger partial charge in [-0.05, 0) is 195 Å². The van der Waals surface area contributed by atoms with Crippen molar-refractivity contribution in [1.29, 1.82) is 0 Å². The van der Waals surface area contributed by atoms with Gasteiger partial charge >= 0.3 is 0 Å². The molecule has 0 amide bonds. The van der Waals surface area contributed by atoms with E-state index < -0.39 is 0 Å². The first kappa shape index (κ1) is 74.8. The van der Waals surface area contributed by atoms with Crippen LogP contribution in [0.25, 0.3) is 153 Å². The van der Waals surface area contributed by atoms with Gasteiger partial charge in [0.2, 0.25) is 0 Å². The lowest BCUT2D eigenvalue weighted by Gasteiger charge is -2.21. The van der Waals surface area contributed by atoms with Gasteiger partial charge in [0.25, 0.3) is 0 Å². The number of aromatic nitrogens is 5. The van der Waals surface area contributed by atoms with E-state index in [0.717, 1.165) is 57.2 Å². The van der Waals surface area contributed by atoms with Crippen LogP contribution in [0.3, 0.4) is 0 Å². The van der Waals surface area contributed by atoms with E-state index in [-0.39, 0.29) is 5.41 Å². The van der Waals surface area contributed by atoms with Crippen LogP contribution in [0.15, 0.2) is 397 Å². The molecule has 0 atom stereocenters. The van der Waals surface area contributed by atoms with Crippen molar-refractivity contribution >= 4 is 199 Å². The summed E-state index contributed by atoms with van der Waals surface area (Å²) < 4.78 is 18.8. The number of hydrogen-bond acceptors (Lipinski definition) is 5. The third kappa shape index (κ3) is 15.4. The van der Waals surface area contributed by atoms with Crippen molar-refractivity contribution in [2.75, 3.05) is 0 Å². The highest BCUT2D eigenvalue weighted by Crippen LogP contribution is 2.49. The zero-order chi connectivity index (χ0) is 77.1. The lowest BCUT2D eigenvalue weighted by Crippen LogP contribution is -2.14. The van der Waals surface area contributed by atoms with Gasteiger partial charge in [0.15, 0.2) is 0 Å². The molecule has 0 radical (unpaired) electrons. The van der Waals surface area contributed by atoms with Crippen LogP contribution in [0.2, 0.25) is 5.02 Å². The number of para-hydroxylation sites is 4. The second-order valence-electron chi connectivity index (χ2n) is 27.7. The summed E-state index contributed by atoms with van der Waals surface area (Å²) in [7, 11) is 0. The molecule has 0 spiro atoms. The summed E-state index contributed by atoms with van der Waals surface area (Å²) in [4.78, 5) is 13.1. The van der Waals surface area contributed by atoms with E-state index in [9.17, 15) is 0 Å². The molecule has 0 saturated heterocycles. The highest BCUT2D eigenvalue weighted by molar-refractivity contribution is 9.11. The van der Waals surface area contributed by atoms with Crippen molar-refractivity contribution in [2.24, 2.45) is 0 Å². The molecule has 14 aromatic carbocycles. The number of thiophene rings is 1. The van der Waals surface area contributed by atoms with Gasteiger partial charge in [-0.3, -0.25) is 9.97 Å². The zero-order valence-corrected chi connectivity index (χ0v) is 70.5. The second-order valence-corrected chi connectivity index (χ2v) is 33.7. The van der Waals surface area contributed by atoms with Crippen LogP contribution in [0.4, 0.5) is 0 Å². The predicted octanol–water partition coefficient (Wildman–Crippen LogP) is 31.7. The quantitative estimate of drug-likeness (QED) is 0.172. The molecule has 0 unspecified atom stereocenters. The van der Waals surface area contributed by atoms with Crippen LogP contribution in [-0.2, 0) is 5.41 Å². The van der Waals surface area contributed by atoms with E-state index in [1.54, 1.807) is 24.5 Å². The third-order valence-electron chi connectivity index (χ3n) is 20.4. The molecule has 21 aromatic rings. The monoisotopic (exact) mass is 1820 g/mol. The summed E-state index contributed by atoms with van der Waals surface area (Å²) in [5.41, 5.74) is 20.5. The van der Waals surface area contributed by atoms with E-state index in [1.807, 2.05) is 78.1 Å². The number of hydrogen-bond donors (Lipinski definition) is 0. The Bertz CT molecular complexity index is 7010. The minimum Gasteiger partial charge on any atom is -0.456 e. The van der Waals surface area contributed by atoms with E-state index in [0.29, 0.717) is 5.02 Å². The number of benzene rings is 14. The van der Waals surface area contributed by atoms with Crippen molar-refractivity contribution < 1.29 is 4.42 Å².